The number of halogens is 3. The van der Waals surface area contributed by atoms with Gasteiger partial charge >= 0.3 is 12.1 Å². The van der Waals surface area contributed by atoms with E-state index in [2.05, 4.69) is 32.7 Å². The van der Waals surface area contributed by atoms with Crippen LogP contribution in [0.5, 0.6) is 5.75 Å². The average Bonchev–Trinajstić information content (AvgIpc) is 3.40. The summed E-state index contributed by atoms with van der Waals surface area (Å²) in [5.74, 6) is 5.14. The topological polar surface area (TPSA) is 126 Å². The number of anilines is 2. The molecule has 0 aliphatic carbocycles. The third-order valence-electron chi connectivity index (χ3n) is 7.89. The maximum absolute atomic E-state index is 13.7. The summed E-state index contributed by atoms with van der Waals surface area (Å²) in [5.41, 5.74) is 2.49. The van der Waals surface area contributed by atoms with Crippen LogP contribution in [-0.2, 0) is 20.8 Å². The van der Waals surface area contributed by atoms with Crippen molar-refractivity contribution in [2.24, 2.45) is 0 Å². The Morgan fingerprint density at radius 1 is 1.02 bits per heavy atom. The van der Waals surface area contributed by atoms with Gasteiger partial charge in [0.1, 0.15) is 12.3 Å². The van der Waals surface area contributed by atoms with Gasteiger partial charge in [-0.15, -0.1) is 0 Å². The Kier molecular flexibility index (Phi) is 13.4. The van der Waals surface area contributed by atoms with E-state index in [9.17, 15) is 22.8 Å². The zero-order valence-electron chi connectivity index (χ0n) is 27.1. The third-order valence-corrected chi connectivity index (χ3v) is 7.89. The molecular formula is C34H42F3N5O6. The van der Waals surface area contributed by atoms with Gasteiger partial charge in [-0.3, -0.25) is 9.59 Å². The highest BCUT2D eigenvalue weighted by atomic mass is 19.4. The van der Waals surface area contributed by atoms with E-state index in [-0.39, 0.29) is 37.2 Å². The smallest absolute Gasteiger partial charge is 0.406 e. The number of nitrogens with zero attached hydrogens (tertiary/aromatic N) is 2. The van der Waals surface area contributed by atoms with Crippen molar-refractivity contribution in [2.45, 2.75) is 38.0 Å². The maximum atomic E-state index is 13.7. The zero-order chi connectivity index (χ0) is 34.5. The second kappa shape index (κ2) is 17.6. The Balaban J connectivity index is 1.36. The van der Waals surface area contributed by atoms with Crippen molar-refractivity contribution in [1.29, 1.82) is 0 Å². The molecule has 14 heteroatoms. The summed E-state index contributed by atoms with van der Waals surface area (Å²) in [6.45, 7) is 2.91. The Labute approximate surface area is 277 Å². The summed E-state index contributed by atoms with van der Waals surface area (Å²) < 4.78 is 58.4. The molecule has 1 amide bonds. The van der Waals surface area contributed by atoms with Gasteiger partial charge in [0.2, 0.25) is 0 Å². The molecule has 2 heterocycles. The van der Waals surface area contributed by atoms with Crippen LogP contribution in [0.2, 0.25) is 0 Å². The second-order valence-electron chi connectivity index (χ2n) is 11.2. The molecule has 0 bridgehead atoms. The van der Waals surface area contributed by atoms with Gasteiger partial charge in [0.15, 0.2) is 0 Å². The van der Waals surface area contributed by atoms with Crippen LogP contribution in [-0.4, -0.2) is 105 Å². The lowest BCUT2D eigenvalue weighted by molar-refractivity contribution is -0.140. The van der Waals surface area contributed by atoms with Gasteiger partial charge in [-0.25, -0.2) is 0 Å². The molecule has 48 heavy (non-hydrogen) atoms. The van der Waals surface area contributed by atoms with Crippen molar-refractivity contribution in [1.82, 2.24) is 14.8 Å². The Hall–Kier alpha value is -4.45. The predicted octanol–water partition coefficient (Wildman–Crippen LogP) is 4.42. The van der Waals surface area contributed by atoms with Gasteiger partial charge in [-0.1, -0.05) is 12.0 Å². The summed E-state index contributed by atoms with van der Waals surface area (Å²) in [5, 5.41) is 18.5. The number of ether oxygens (including phenoxy) is 3. The lowest BCUT2D eigenvalue weighted by Crippen LogP contribution is -2.40. The van der Waals surface area contributed by atoms with E-state index in [0.717, 1.165) is 38.2 Å². The van der Waals surface area contributed by atoms with Crippen molar-refractivity contribution in [3.63, 3.8) is 0 Å². The SMILES string of the molecule is CNC(=O)c1ccc(NCC#Cc2cc3c(NC4CCN(CCOCCOCCC(=O)O)CC4)cccc3n2CC(F)(F)F)c(OC)c1. The standard InChI is InChI=1S/C34H42F3N5O6/c1-38-33(45)24-8-9-29(31(21-24)46-2)39-13-4-5-26-22-27-28(6-3-7-30(27)42(26)23-34(35,36)37)40-25-10-14-41(15-11-25)16-18-48-20-19-47-17-12-32(43)44/h3,6-9,21-22,25,39-40H,10-20,23H2,1-2H3,(H,38,45)(H,43,44). The highest BCUT2D eigenvalue weighted by Crippen LogP contribution is 2.31. The number of amides is 1. The van der Waals surface area contributed by atoms with Gasteiger partial charge in [0.05, 0.1) is 63.4 Å². The number of piperidine rings is 1. The molecule has 4 rings (SSSR count). The number of alkyl halides is 3. The summed E-state index contributed by atoms with van der Waals surface area (Å²) in [6, 6.07) is 12.1. The molecule has 11 nitrogen and oxygen atoms in total. The molecule has 0 atom stereocenters. The minimum atomic E-state index is -4.44. The number of aromatic nitrogens is 1. The number of carbonyl (C=O) groups excluding carboxylic acids is 1. The Morgan fingerprint density at radius 2 is 1.77 bits per heavy atom. The lowest BCUT2D eigenvalue weighted by Gasteiger charge is -2.32. The summed E-state index contributed by atoms with van der Waals surface area (Å²) in [6.07, 6.45) is -2.73. The van der Waals surface area contributed by atoms with Gasteiger partial charge in [0, 0.05) is 49.4 Å². The molecule has 260 valence electrons. The maximum Gasteiger partial charge on any atom is 0.406 e. The van der Waals surface area contributed by atoms with E-state index in [0.29, 0.717) is 47.7 Å². The van der Waals surface area contributed by atoms with E-state index in [1.54, 1.807) is 36.4 Å². The van der Waals surface area contributed by atoms with Crippen LogP contribution < -0.4 is 20.7 Å². The Bertz CT molecular complexity index is 1590. The summed E-state index contributed by atoms with van der Waals surface area (Å²) >= 11 is 0. The van der Waals surface area contributed by atoms with Crippen LogP contribution in [0.15, 0.2) is 42.5 Å². The number of nitrogens with one attached hydrogen (secondary N) is 3. The quantitative estimate of drug-likeness (QED) is 0.129. The van der Waals surface area contributed by atoms with Crippen LogP contribution in [0.1, 0.15) is 35.3 Å². The number of carboxylic acids is 1. The molecule has 2 aromatic carbocycles. The van der Waals surface area contributed by atoms with Crippen molar-refractivity contribution in [3.05, 3.63) is 53.7 Å². The highest BCUT2D eigenvalue weighted by Gasteiger charge is 2.30. The second-order valence-corrected chi connectivity index (χ2v) is 11.2. The minimum Gasteiger partial charge on any atom is -0.495 e. The molecule has 0 saturated carbocycles. The molecule has 0 radical (unpaired) electrons. The van der Waals surface area contributed by atoms with E-state index in [1.807, 2.05) is 6.07 Å². The Morgan fingerprint density at radius 3 is 2.46 bits per heavy atom. The summed E-state index contributed by atoms with van der Waals surface area (Å²) in [7, 11) is 3.02. The number of fused-ring (bicyclic) bond motifs is 1. The number of carbonyl (C=O) groups is 2. The van der Waals surface area contributed by atoms with Crippen molar-refractivity contribution >= 4 is 34.2 Å². The van der Waals surface area contributed by atoms with Gasteiger partial charge in [0.25, 0.3) is 5.91 Å². The molecule has 0 spiro atoms. The van der Waals surface area contributed by atoms with Crippen LogP contribution in [0, 0.1) is 11.8 Å². The molecule has 1 saturated heterocycles. The molecule has 1 aliphatic heterocycles. The van der Waals surface area contributed by atoms with Crippen LogP contribution in [0.3, 0.4) is 0 Å². The molecule has 3 aromatic rings. The lowest BCUT2D eigenvalue weighted by atomic mass is 10.0. The van der Waals surface area contributed by atoms with Crippen molar-refractivity contribution in [3.8, 4) is 17.6 Å². The van der Waals surface area contributed by atoms with Crippen LogP contribution >= 0.6 is 0 Å². The van der Waals surface area contributed by atoms with Gasteiger partial charge < -0.3 is 44.7 Å². The number of methoxy groups -OCH3 is 1. The molecular weight excluding hydrogens is 631 g/mol. The van der Waals surface area contributed by atoms with E-state index in [4.69, 9.17) is 19.3 Å². The number of carboxylic acid groups (broad SMARTS) is 1. The highest BCUT2D eigenvalue weighted by molar-refractivity contribution is 5.95. The average molecular weight is 674 g/mol. The van der Waals surface area contributed by atoms with Crippen LogP contribution in [0.4, 0.5) is 24.5 Å². The normalized spacial score (nSPS) is 13.9. The first-order chi connectivity index (χ1) is 23.1. The fourth-order valence-corrected chi connectivity index (χ4v) is 5.46. The van der Waals surface area contributed by atoms with Crippen molar-refractivity contribution < 1.29 is 42.1 Å². The largest absolute Gasteiger partial charge is 0.495 e. The molecule has 1 aliphatic rings. The molecule has 1 aromatic heterocycles. The van der Waals surface area contributed by atoms with E-state index in [1.165, 1.54) is 18.7 Å². The first-order valence-electron chi connectivity index (χ1n) is 15.8. The predicted molar refractivity (Wildman–Crippen MR) is 177 cm³/mol. The fourth-order valence-electron chi connectivity index (χ4n) is 5.46. The van der Waals surface area contributed by atoms with Crippen molar-refractivity contribution in [2.75, 3.05) is 77.4 Å². The number of likely N-dealkylation sites (tertiary alicyclic amines) is 1. The molecule has 0 unspecified atom stereocenters. The number of aliphatic carboxylic acids is 1. The van der Waals surface area contributed by atoms with Gasteiger partial charge in [-0.2, -0.15) is 13.2 Å². The summed E-state index contributed by atoms with van der Waals surface area (Å²) in [4.78, 5) is 24.7. The minimum absolute atomic E-state index is 0.0278. The van der Waals surface area contributed by atoms with E-state index >= 15 is 0 Å². The number of hydrogen-bond acceptors (Lipinski definition) is 8. The van der Waals surface area contributed by atoms with Gasteiger partial charge in [-0.05, 0) is 55.2 Å². The fraction of sp³-hybridized carbons (Fsp3) is 0.471. The van der Waals surface area contributed by atoms with Crippen LogP contribution in [0.25, 0.3) is 10.9 Å². The van der Waals surface area contributed by atoms with E-state index < -0.39 is 18.7 Å². The number of rotatable bonds is 16. The number of hydrogen-bond donors (Lipinski definition) is 4. The first kappa shape index (κ1) is 36.4. The third kappa shape index (κ3) is 10.8. The number of benzene rings is 2. The monoisotopic (exact) mass is 673 g/mol. The molecule has 1 fully saturated rings. The molecule has 4 N–H and O–H groups in total. The first-order valence-corrected chi connectivity index (χ1v) is 15.8. The zero-order valence-corrected chi connectivity index (χ0v) is 27.1.